The van der Waals surface area contributed by atoms with Crippen LogP contribution in [0.5, 0.6) is 0 Å². The lowest BCUT2D eigenvalue weighted by atomic mass is 10.0. The van der Waals surface area contributed by atoms with Gasteiger partial charge in [0, 0.05) is 40.5 Å². The van der Waals surface area contributed by atoms with Crippen molar-refractivity contribution in [3.05, 3.63) is 70.2 Å². The van der Waals surface area contributed by atoms with E-state index in [1.807, 2.05) is 6.92 Å². The molecule has 3 heterocycles. The van der Waals surface area contributed by atoms with Crippen molar-refractivity contribution in [1.82, 2.24) is 10.1 Å². The van der Waals surface area contributed by atoms with Gasteiger partial charge in [0.1, 0.15) is 0 Å². The third kappa shape index (κ3) is 3.04. The number of anilines is 1. The van der Waals surface area contributed by atoms with Crippen molar-refractivity contribution in [3.8, 4) is 0 Å². The van der Waals surface area contributed by atoms with E-state index in [1.54, 1.807) is 24.4 Å². The maximum Gasteiger partial charge on any atom is 0.294 e. The van der Waals surface area contributed by atoms with Gasteiger partial charge in [-0.15, -0.1) is 0 Å². The fourth-order valence-electron chi connectivity index (χ4n) is 2.71. The number of halogens is 1. The lowest BCUT2D eigenvalue weighted by molar-refractivity contribution is 0.0988. The quantitative estimate of drug-likeness (QED) is 0.773. The molecule has 0 atom stereocenters. The molecule has 2 aromatic heterocycles. The summed E-state index contributed by atoms with van der Waals surface area (Å²) in [6.07, 6.45) is 3.87. The number of aliphatic imine (C=N–C) groups is 1. The molecule has 4 rings (SSSR count). The van der Waals surface area contributed by atoms with Crippen LogP contribution in [-0.4, -0.2) is 21.8 Å². The summed E-state index contributed by atoms with van der Waals surface area (Å²) in [6.45, 7) is 2.00. The van der Waals surface area contributed by atoms with Gasteiger partial charge >= 0.3 is 0 Å². The third-order valence-corrected chi connectivity index (χ3v) is 4.20. The summed E-state index contributed by atoms with van der Waals surface area (Å²) in [5, 5.41) is 6.86. The lowest BCUT2D eigenvalue weighted by Gasteiger charge is -2.08. The van der Waals surface area contributed by atoms with Crippen LogP contribution >= 0.6 is 11.6 Å². The van der Waals surface area contributed by atoms with Crippen LogP contribution in [0.2, 0.25) is 5.02 Å². The first kappa shape index (κ1) is 15.5. The maximum absolute atomic E-state index is 12.1. The number of hydrogen-bond donors (Lipinski definition) is 1. The Balaban J connectivity index is 1.62. The Kier molecular flexibility index (Phi) is 3.82. The van der Waals surface area contributed by atoms with Gasteiger partial charge in [0.25, 0.3) is 5.91 Å². The summed E-state index contributed by atoms with van der Waals surface area (Å²) in [5.41, 5.74) is 4.36. The fraction of sp³-hybridized carbons (Fsp3) is 0.111. The van der Waals surface area contributed by atoms with Crippen LogP contribution in [0.1, 0.15) is 27.2 Å². The molecule has 0 spiro atoms. The van der Waals surface area contributed by atoms with E-state index in [4.69, 9.17) is 16.1 Å². The Bertz CT molecular complexity index is 996. The summed E-state index contributed by atoms with van der Waals surface area (Å²) < 4.78 is 4.85. The third-order valence-electron chi connectivity index (χ3n) is 3.88. The van der Waals surface area contributed by atoms with Gasteiger partial charge in [-0.25, -0.2) is 9.98 Å². The normalized spacial score (nSPS) is 12.6. The first-order valence-corrected chi connectivity index (χ1v) is 8.03. The Morgan fingerprint density at radius 2 is 2.16 bits per heavy atom. The van der Waals surface area contributed by atoms with E-state index in [1.165, 1.54) is 12.3 Å². The summed E-state index contributed by atoms with van der Waals surface area (Å²) in [7, 11) is 0. The highest BCUT2D eigenvalue weighted by molar-refractivity contribution is 6.34. The van der Waals surface area contributed by atoms with E-state index < -0.39 is 0 Å². The molecule has 1 N–H and O–H groups in total. The number of aromatic nitrogens is 2. The van der Waals surface area contributed by atoms with Crippen LogP contribution in [0.15, 0.2) is 52.2 Å². The number of carbonyl (C=O) groups is 1. The summed E-state index contributed by atoms with van der Waals surface area (Å²) in [4.78, 5) is 21.0. The van der Waals surface area contributed by atoms with E-state index in [9.17, 15) is 4.79 Å². The highest BCUT2D eigenvalue weighted by atomic mass is 35.5. The molecule has 1 aliphatic heterocycles. The van der Waals surface area contributed by atoms with E-state index in [0.717, 1.165) is 22.4 Å². The zero-order chi connectivity index (χ0) is 17.4. The standard InChI is InChI=1S/C18H13ClN4O2/c1-10-6-11-7-15(23-17(11)20-9-10)13-8-12(2-3-14(13)19)22-18(24)16-4-5-21-25-16/h2-6,8-9H,7H2,1H3,(H,22,24). The van der Waals surface area contributed by atoms with Crippen molar-refractivity contribution in [2.75, 3.05) is 5.32 Å². The molecule has 1 aromatic carbocycles. The van der Waals surface area contributed by atoms with Crippen LogP contribution in [-0.2, 0) is 6.42 Å². The first-order chi connectivity index (χ1) is 12.1. The lowest BCUT2D eigenvalue weighted by Crippen LogP contribution is -2.12. The molecule has 0 bridgehead atoms. The molecule has 0 unspecified atom stereocenters. The van der Waals surface area contributed by atoms with Gasteiger partial charge in [-0.05, 0) is 30.7 Å². The van der Waals surface area contributed by atoms with Crippen LogP contribution in [0.4, 0.5) is 11.5 Å². The number of amides is 1. The minimum Gasteiger partial charge on any atom is -0.351 e. The summed E-state index contributed by atoms with van der Waals surface area (Å²) in [6, 6.07) is 8.83. The van der Waals surface area contributed by atoms with Gasteiger partial charge in [-0.3, -0.25) is 4.79 Å². The van der Waals surface area contributed by atoms with Crippen molar-refractivity contribution in [2.45, 2.75) is 13.3 Å². The predicted molar refractivity (Wildman–Crippen MR) is 94.8 cm³/mol. The molecule has 124 valence electrons. The van der Waals surface area contributed by atoms with Gasteiger partial charge in [-0.2, -0.15) is 0 Å². The maximum atomic E-state index is 12.1. The van der Waals surface area contributed by atoms with Crippen LogP contribution < -0.4 is 5.32 Å². The van der Waals surface area contributed by atoms with Crippen molar-refractivity contribution >= 4 is 34.7 Å². The minimum atomic E-state index is -0.375. The summed E-state index contributed by atoms with van der Waals surface area (Å²) >= 11 is 6.34. The molecule has 0 saturated heterocycles. The second-order valence-corrected chi connectivity index (χ2v) is 6.16. The topological polar surface area (TPSA) is 80.4 Å². The molecule has 0 radical (unpaired) electrons. The van der Waals surface area contributed by atoms with Crippen molar-refractivity contribution < 1.29 is 9.32 Å². The monoisotopic (exact) mass is 352 g/mol. The van der Waals surface area contributed by atoms with Crippen LogP contribution in [0.25, 0.3) is 0 Å². The predicted octanol–water partition coefficient (Wildman–Crippen LogP) is 3.96. The molecule has 7 heteroatoms. The number of hydrogen-bond acceptors (Lipinski definition) is 5. The van der Waals surface area contributed by atoms with Gasteiger partial charge in [-0.1, -0.05) is 22.8 Å². The number of nitrogens with zero attached hydrogens (tertiary/aromatic N) is 3. The smallest absolute Gasteiger partial charge is 0.294 e. The Labute approximate surface area is 148 Å². The molecular formula is C18H13ClN4O2. The molecule has 1 aliphatic rings. The zero-order valence-electron chi connectivity index (χ0n) is 13.3. The van der Waals surface area contributed by atoms with E-state index >= 15 is 0 Å². The van der Waals surface area contributed by atoms with Gasteiger partial charge in [0.15, 0.2) is 5.82 Å². The van der Waals surface area contributed by atoms with Gasteiger partial charge < -0.3 is 9.84 Å². The largest absolute Gasteiger partial charge is 0.351 e. The number of fused-ring (bicyclic) bond motifs is 1. The van der Waals surface area contributed by atoms with E-state index in [2.05, 4.69) is 26.5 Å². The Hall–Kier alpha value is -2.99. The zero-order valence-corrected chi connectivity index (χ0v) is 14.0. The second-order valence-electron chi connectivity index (χ2n) is 5.76. The molecule has 1 amide bonds. The average molecular weight is 353 g/mol. The summed E-state index contributed by atoms with van der Waals surface area (Å²) in [5.74, 6) is 0.481. The van der Waals surface area contributed by atoms with E-state index in [-0.39, 0.29) is 11.7 Å². The van der Waals surface area contributed by atoms with E-state index in [0.29, 0.717) is 22.9 Å². The number of pyridine rings is 1. The number of carbonyl (C=O) groups excluding carboxylic acids is 1. The Morgan fingerprint density at radius 3 is 2.96 bits per heavy atom. The van der Waals surface area contributed by atoms with Gasteiger partial charge in [0.05, 0.1) is 11.9 Å². The highest BCUT2D eigenvalue weighted by Crippen LogP contribution is 2.31. The number of benzene rings is 1. The molecule has 0 aliphatic carbocycles. The molecule has 0 saturated carbocycles. The van der Waals surface area contributed by atoms with Crippen molar-refractivity contribution in [2.24, 2.45) is 4.99 Å². The number of rotatable bonds is 3. The first-order valence-electron chi connectivity index (χ1n) is 7.65. The minimum absolute atomic E-state index is 0.141. The highest BCUT2D eigenvalue weighted by Gasteiger charge is 2.20. The number of aryl methyl sites for hydroxylation is 1. The average Bonchev–Trinajstić information content (AvgIpc) is 3.25. The van der Waals surface area contributed by atoms with Crippen molar-refractivity contribution in [1.29, 1.82) is 0 Å². The SMILES string of the molecule is Cc1cnc2c(c1)CC(c1cc(NC(=O)c3ccno3)ccc1Cl)=N2. The van der Waals surface area contributed by atoms with Crippen LogP contribution in [0, 0.1) is 6.92 Å². The van der Waals surface area contributed by atoms with Crippen molar-refractivity contribution in [3.63, 3.8) is 0 Å². The Morgan fingerprint density at radius 1 is 1.28 bits per heavy atom. The molecule has 0 fully saturated rings. The molecule has 6 nitrogen and oxygen atoms in total. The van der Waals surface area contributed by atoms with Crippen LogP contribution in [0.3, 0.4) is 0 Å². The molecule has 3 aromatic rings. The van der Waals surface area contributed by atoms with Gasteiger partial charge in [0.2, 0.25) is 5.76 Å². The number of nitrogens with one attached hydrogen (secondary N) is 1. The fourth-order valence-corrected chi connectivity index (χ4v) is 2.93. The molecular weight excluding hydrogens is 340 g/mol. The molecule has 25 heavy (non-hydrogen) atoms. The second kappa shape index (κ2) is 6.14.